The summed E-state index contributed by atoms with van der Waals surface area (Å²) in [6.07, 6.45) is 2.61. The molecule has 2 fully saturated rings. The van der Waals surface area contributed by atoms with E-state index in [1.165, 1.54) is 35.1 Å². The smallest absolute Gasteiger partial charge is 0.243 e. The normalized spacial score (nSPS) is 20.8. The Morgan fingerprint density at radius 3 is 2.65 bits per heavy atom. The molecule has 1 saturated carbocycles. The molecule has 3 atom stereocenters. The summed E-state index contributed by atoms with van der Waals surface area (Å²) in [4.78, 5) is 27.6. The van der Waals surface area contributed by atoms with E-state index in [0.29, 0.717) is 11.6 Å². The molecule has 5 rings (SSSR count). The number of benzene rings is 2. The highest BCUT2D eigenvalue weighted by Crippen LogP contribution is 2.42. The van der Waals surface area contributed by atoms with Gasteiger partial charge in [0.15, 0.2) is 0 Å². The summed E-state index contributed by atoms with van der Waals surface area (Å²) in [5.41, 5.74) is 4.94. The number of alkyl halides is 1. The van der Waals surface area contributed by atoms with Gasteiger partial charge in [-0.05, 0) is 47.9 Å². The lowest BCUT2D eigenvalue weighted by Gasteiger charge is -2.27. The molecule has 7 nitrogen and oxygen atoms in total. The number of H-pyrrole nitrogens is 1. The molecule has 8 heteroatoms. The van der Waals surface area contributed by atoms with Gasteiger partial charge in [0.1, 0.15) is 12.2 Å². The Balaban J connectivity index is 1.38. The third-order valence-electron chi connectivity index (χ3n) is 6.73. The molecule has 1 aromatic heterocycles. The van der Waals surface area contributed by atoms with E-state index in [-0.39, 0.29) is 31.2 Å². The molecule has 0 bridgehead atoms. The van der Waals surface area contributed by atoms with E-state index < -0.39 is 18.3 Å². The van der Waals surface area contributed by atoms with Crippen LogP contribution in [0.15, 0.2) is 54.7 Å². The van der Waals surface area contributed by atoms with Crippen molar-refractivity contribution in [2.45, 2.75) is 56.8 Å². The van der Waals surface area contributed by atoms with E-state index in [0.717, 1.165) is 11.1 Å². The standard InChI is InChI=1S/C26H28FN5O2/c1-16-11-19(9-10-22(16)17-7-8-17)25(18-5-3-2-4-6-18)29-26(34)23-12-20(27)15-32(23)24(33)13-21-14-28-31-30-21/h2-6,9-11,14,17,20,23,25H,7-8,12-13,15H2,1H3,(H,29,34)(H,28,30,31)/t20-,23+,25+/m1/s1. The van der Waals surface area contributed by atoms with Gasteiger partial charge in [-0.3, -0.25) is 9.59 Å². The SMILES string of the molecule is Cc1cc([C@@H](NC(=O)[C@@H]2C[C@@H](F)CN2C(=O)Cc2cn[nH]n2)c2ccccc2)ccc1C1CC1. The first-order valence-electron chi connectivity index (χ1n) is 11.7. The van der Waals surface area contributed by atoms with Crippen molar-refractivity contribution < 1.29 is 14.0 Å². The Bertz CT molecular complexity index is 1160. The first-order valence-corrected chi connectivity index (χ1v) is 11.7. The number of hydrogen-bond acceptors (Lipinski definition) is 4. The van der Waals surface area contributed by atoms with E-state index >= 15 is 0 Å². The number of likely N-dealkylation sites (tertiary alicyclic amines) is 1. The fraction of sp³-hybridized carbons (Fsp3) is 0.385. The molecule has 2 amide bonds. The quantitative estimate of drug-likeness (QED) is 0.564. The van der Waals surface area contributed by atoms with Crippen LogP contribution in [0.3, 0.4) is 0 Å². The fourth-order valence-electron chi connectivity index (χ4n) is 4.85. The van der Waals surface area contributed by atoms with E-state index in [4.69, 9.17) is 0 Å². The van der Waals surface area contributed by atoms with Gasteiger partial charge in [0.25, 0.3) is 0 Å². The highest BCUT2D eigenvalue weighted by Gasteiger charge is 2.40. The summed E-state index contributed by atoms with van der Waals surface area (Å²) in [5.74, 6) is -0.0513. The predicted octanol–water partition coefficient (Wildman–Crippen LogP) is 3.38. The molecule has 0 radical (unpaired) electrons. The third-order valence-corrected chi connectivity index (χ3v) is 6.73. The predicted molar refractivity (Wildman–Crippen MR) is 125 cm³/mol. The maximum absolute atomic E-state index is 14.4. The molecule has 2 aromatic carbocycles. The van der Waals surface area contributed by atoms with Gasteiger partial charge in [-0.2, -0.15) is 15.4 Å². The molecular weight excluding hydrogens is 433 g/mol. The number of aromatic amines is 1. The fourth-order valence-corrected chi connectivity index (χ4v) is 4.85. The molecule has 176 valence electrons. The van der Waals surface area contributed by atoms with Gasteiger partial charge in [-0.1, -0.05) is 48.5 Å². The van der Waals surface area contributed by atoms with E-state index in [1.807, 2.05) is 30.3 Å². The first kappa shape index (κ1) is 22.3. The topological polar surface area (TPSA) is 91.0 Å². The second-order valence-corrected chi connectivity index (χ2v) is 9.28. The van der Waals surface area contributed by atoms with Crippen LogP contribution in [0.1, 0.15) is 59.2 Å². The van der Waals surface area contributed by atoms with Crippen LogP contribution in [0.25, 0.3) is 0 Å². The van der Waals surface area contributed by atoms with E-state index in [9.17, 15) is 14.0 Å². The van der Waals surface area contributed by atoms with Crippen LogP contribution in [-0.2, 0) is 16.0 Å². The number of halogens is 1. The van der Waals surface area contributed by atoms with Crippen molar-refractivity contribution in [3.63, 3.8) is 0 Å². The minimum Gasteiger partial charge on any atom is -0.343 e. The maximum Gasteiger partial charge on any atom is 0.243 e. The van der Waals surface area contributed by atoms with Gasteiger partial charge < -0.3 is 10.2 Å². The molecule has 1 saturated heterocycles. The van der Waals surface area contributed by atoms with Crippen LogP contribution in [-0.4, -0.2) is 50.9 Å². The van der Waals surface area contributed by atoms with Crippen molar-refractivity contribution in [2.24, 2.45) is 0 Å². The molecule has 0 unspecified atom stereocenters. The Morgan fingerprint density at radius 1 is 1.18 bits per heavy atom. The molecule has 2 aliphatic rings. The maximum atomic E-state index is 14.4. The summed E-state index contributed by atoms with van der Waals surface area (Å²) < 4.78 is 14.4. The van der Waals surface area contributed by atoms with E-state index in [1.54, 1.807) is 0 Å². The van der Waals surface area contributed by atoms with Gasteiger partial charge in [0.05, 0.1) is 30.9 Å². The number of hydrogen-bond donors (Lipinski definition) is 2. The zero-order chi connectivity index (χ0) is 23.7. The van der Waals surface area contributed by atoms with Gasteiger partial charge in [0.2, 0.25) is 11.8 Å². The van der Waals surface area contributed by atoms with Crippen LogP contribution in [0.5, 0.6) is 0 Å². The molecule has 1 aliphatic carbocycles. The van der Waals surface area contributed by atoms with Crippen LogP contribution in [0.4, 0.5) is 4.39 Å². The molecule has 2 N–H and O–H groups in total. The van der Waals surface area contributed by atoms with E-state index in [2.05, 4.69) is 45.9 Å². The largest absolute Gasteiger partial charge is 0.343 e. The Labute approximate surface area is 197 Å². The lowest BCUT2D eigenvalue weighted by molar-refractivity contribution is -0.138. The van der Waals surface area contributed by atoms with Crippen molar-refractivity contribution in [3.05, 3.63) is 82.7 Å². The molecule has 1 aliphatic heterocycles. The number of rotatable bonds is 7. The second kappa shape index (κ2) is 9.37. The van der Waals surface area contributed by atoms with Crippen LogP contribution >= 0.6 is 0 Å². The molecule has 2 heterocycles. The average molecular weight is 462 g/mol. The Kier molecular flexibility index (Phi) is 6.13. The van der Waals surface area contributed by atoms with Crippen LogP contribution in [0.2, 0.25) is 0 Å². The van der Waals surface area contributed by atoms with Crippen molar-refractivity contribution in [2.75, 3.05) is 6.54 Å². The number of carbonyl (C=O) groups is 2. The molecule has 34 heavy (non-hydrogen) atoms. The highest BCUT2D eigenvalue weighted by atomic mass is 19.1. The number of aromatic nitrogens is 3. The van der Waals surface area contributed by atoms with Gasteiger partial charge in [0, 0.05) is 6.42 Å². The number of nitrogens with zero attached hydrogens (tertiary/aromatic N) is 3. The highest BCUT2D eigenvalue weighted by molar-refractivity contribution is 5.89. The number of aryl methyl sites for hydroxylation is 1. The zero-order valence-corrected chi connectivity index (χ0v) is 19.1. The Morgan fingerprint density at radius 2 is 1.97 bits per heavy atom. The zero-order valence-electron chi connectivity index (χ0n) is 19.1. The average Bonchev–Trinajstić information content (AvgIpc) is 3.40. The van der Waals surface area contributed by atoms with Gasteiger partial charge >= 0.3 is 0 Å². The van der Waals surface area contributed by atoms with Gasteiger partial charge in [-0.15, -0.1) is 0 Å². The molecule has 3 aromatic rings. The van der Waals surface area contributed by atoms with Crippen molar-refractivity contribution in [1.82, 2.24) is 25.6 Å². The first-order chi connectivity index (χ1) is 16.5. The summed E-state index contributed by atoms with van der Waals surface area (Å²) >= 11 is 0. The number of amides is 2. The summed E-state index contributed by atoms with van der Waals surface area (Å²) in [5, 5.41) is 13.2. The van der Waals surface area contributed by atoms with Crippen LogP contribution in [0, 0.1) is 6.92 Å². The Hall–Kier alpha value is -3.55. The lowest BCUT2D eigenvalue weighted by atomic mass is 9.93. The minimum atomic E-state index is -1.24. The minimum absolute atomic E-state index is 0.0163. The summed E-state index contributed by atoms with van der Waals surface area (Å²) in [7, 11) is 0. The van der Waals surface area contributed by atoms with Crippen molar-refractivity contribution in [3.8, 4) is 0 Å². The molecular formula is C26H28FN5O2. The van der Waals surface area contributed by atoms with Crippen LogP contribution < -0.4 is 5.32 Å². The molecule has 0 spiro atoms. The second-order valence-electron chi connectivity index (χ2n) is 9.28. The number of nitrogens with one attached hydrogen (secondary N) is 2. The monoisotopic (exact) mass is 461 g/mol. The number of carbonyl (C=O) groups excluding carboxylic acids is 2. The summed E-state index contributed by atoms with van der Waals surface area (Å²) in [6, 6.07) is 14.8. The van der Waals surface area contributed by atoms with Crippen molar-refractivity contribution in [1.29, 1.82) is 0 Å². The summed E-state index contributed by atoms with van der Waals surface area (Å²) in [6.45, 7) is 2.01. The van der Waals surface area contributed by atoms with Crippen molar-refractivity contribution >= 4 is 11.8 Å². The third kappa shape index (κ3) is 4.71. The lowest BCUT2D eigenvalue weighted by Crippen LogP contribution is -2.47. The van der Waals surface area contributed by atoms with Gasteiger partial charge in [-0.25, -0.2) is 4.39 Å².